The van der Waals surface area contributed by atoms with Crippen LogP contribution in [0.4, 0.5) is 0 Å². The zero-order valence-corrected chi connectivity index (χ0v) is 12.3. The third-order valence-corrected chi connectivity index (χ3v) is 3.44. The Labute approximate surface area is 116 Å². The molecule has 2 atom stereocenters. The molecular formula is C15H26N2O2. The van der Waals surface area contributed by atoms with Gasteiger partial charge in [0.1, 0.15) is 11.5 Å². The van der Waals surface area contributed by atoms with Crippen LogP contribution in [-0.2, 0) is 0 Å². The number of nitrogens with one attached hydrogen (secondary N) is 1. The maximum absolute atomic E-state index is 9.83. The van der Waals surface area contributed by atoms with Crippen LogP contribution in [0.2, 0.25) is 0 Å². The van der Waals surface area contributed by atoms with Crippen LogP contribution in [0.25, 0.3) is 0 Å². The van der Waals surface area contributed by atoms with Crippen molar-refractivity contribution in [3.63, 3.8) is 0 Å². The molecule has 2 unspecified atom stereocenters. The smallest absolute Gasteiger partial charge is 0.120 e. The summed E-state index contributed by atoms with van der Waals surface area (Å²) in [6, 6.07) is 4.94. The van der Waals surface area contributed by atoms with Crippen molar-refractivity contribution in [3.05, 3.63) is 23.8 Å². The van der Waals surface area contributed by atoms with Gasteiger partial charge in [0.2, 0.25) is 0 Å². The minimum absolute atomic E-state index is 0.00216. The Kier molecular flexibility index (Phi) is 6.12. The highest BCUT2D eigenvalue weighted by Crippen LogP contribution is 2.27. The molecule has 3 N–H and O–H groups in total. The van der Waals surface area contributed by atoms with Crippen molar-refractivity contribution in [2.24, 2.45) is 0 Å². The van der Waals surface area contributed by atoms with Gasteiger partial charge in [0, 0.05) is 24.2 Å². The number of benzene rings is 1. The van der Waals surface area contributed by atoms with E-state index in [4.69, 9.17) is 0 Å². The average molecular weight is 266 g/mol. The summed E-state index contributed by atoms with van der Waals surface area (Å²) in [5.74, 6) is 0.394. The van der Waals surface area contributed by atoms with Gasteiger partial charge in [0.05, 0.1) is 0 Å². The summed E-state index contributed by atoms with van der Waals surface area (Å²) >= 11 is 0. The second kappa shape index (κ2) is 7.36. The van der Waals surface area contributed by atoms with Crippen LogP contribution in [0.1, 0.15) is 39.3 Å². The fourth-order valence-electron chi connectivity index (χ4n) is 2.33. The molecule has 0 saturated carbocycles. The molecule has 0 amide bonds. The molecule has 0 aliphatic rings. The molecule has 19 heavy (non-hydrogen) atoms. The van der Waals surface area contributed by atoms with Crippen molar-refractivity contribution in [2.75, 3.05) is 19.6 Å². The third kappa shape index (κ3) is 4.73. The molecule has 0 radical (unpaired) electrons. The molecule has 0 saturated heterocycles. The highest BCUT2D eigenvalue weighted by molar-refractivity contribution is 5.40. The molecule has 0 bridgehead atoms. The first-order valence-electron chi connectivity index (χ1n) is 6.98. The van der Waals surface area contributed by atoms with E-state index < -0.39 is 0 Å². The summed E-state index contributed by atoms with van der Waals surface area (Å²) < 4.78 is 0. The Hall–Kier alpha value is -1.26. The molecule has 0 heterocycles. The Morgan fingerprint density at radius 3 is 2.37 bits per heavy atom. The summed E-state index contributed by atoms with van der Waals surface area (Å²) in [7, 11) is 0. The van der Waals surface area contributed by atoms with E-state index in [1.165, 1.54) is 12.1 Å². The first kappa shape index (κ1) is 15.8. The van der Waals surface area contributed by atoms with Gasteiger partial charge in [-0.3, -0.25) is 0 Å². The first-order valence-corrected chi connectivity index (χ1v) is 6.98. The molecular weight excluding hydrogens is 240 g/mol. The number of aromatic hydroxyl groups is 2. The van der Waals surface area contributed by atoms with E-state index in [1.807, 2.05) is 6.92 Å². The Morgan fingerprint density at radius 1 is 1.16 bits per heavy atom. The van der Waals surface area contributed by atoms with Crippen molar-refractivity contribution in [3.8, 4) is 11.5 Å². The summed E-state index contributed by atoms with van der Waals surface area (Å²) in [4.78, 5) is 2.35. The largest absolute Gasteiger partial charge is 0.508 e. The van der Waals surface area contributed by atoms with E-state index in [1.54, 1.807) is 6.07 Å². The summed E-state index contributed by atoms with van der Waals surface area (Å²) in [5, 5.41) is 22.8. The standard InChI is InChI=1S/C15H26N2O2/c1-5-17(6-2)10-11(3)16-12(4)14-9-13(18)7-8-15(14)19/h7-9,11-12,16,18-19H,5-6,10H2,1-4H3. The molecule has 0 aromatic heterocycles. The van der Waals surface area contributed by atoms with E-state index in [-0.39, 0.29) is 17.5 Å². The quantitative estimate of drug-likeness (QED) is 0.664. The monoisotopic (exact) mass is 266 g/mol. The lowest BCUT2D eigenvalue weighted by Gasteiger charge is -2.26. The zero-order chi connectivity index (χ0) is 14.4. The van der Waals surface area contributed by atoms with Gasteiger partial charge in [-0.1, -0.05) is 13.8 Å². The topological polar surface area (TPSA) is 55.7 Å². The fraction of sp³-hybridized carbons (Fsp3) is 0.600. The first-order chi connectivity index (χ1) is 8.97. The molecule has 4 heteroatoms. The van der Waals surface area contributed by atoms with E-state index in [9.17, 15) is 10.2 Å². The second-order valence-electron chi connectivity index (χ2n) is 5.02. The minimum Gasteiger partial charge on any atom is -0.508 e. The molecule has 0 aliphatic carbocycles. The lowest BCUT2D eigenvalue weighted by molar-refractivity contribution is 0.263. The second-order valence-corrected chi connectivity index (χ2v) is 5.02. The predicted octanol–water partition coefficient (Wildman–Crippen LogP) is 2.48. The highest BCUT2D eigenvalue weighted by Gasteiger charge is 2.15. The maximum Gasteiger partial charge on any atom is 0.120 e. The van der Waals surface area contributed by atoms with Gasteiger partial charge in [-0.25, -0.2) is 0 Å². The molecule has 108 valence electrons. The maximum atomic E-state index is 9.83. The van der Waals surface area contributed by atoms with Crippen molar-refractivity contribution in [1.29, 1.82) is 0 Å². The summed E-state index contributed by atoms with van der Waals surface area (Å²) in [6.45, 7) is 11.5. The number of likely N-dealkylation sites (N-methyl/N-ethyl adjacent to an activating group) is 1. The predicted molar refractivity (Wildman–Crippen MR) is 78.6 cm³/mol. The summed E-state index contributed by atoms with van der Waals surface area (Å²) in [5.41, 5.74) is 0.728. The van der Waals surface area contributed by atoms with Crippen LogP contribution in [0.3, 0.4) is 0 Å². The van der Waals surface area contributed by atoms with Gasteiger partial charge < -0.3 is 20.4 Å². The van der Waals surface area contributed by atoms with Crippen molar-refractivity contribution in [1.82, 2.24) is 10.2 Å². The van der Waals surface area contributed by atoms with Crippen molar-refractivity contribution in [2.45, 2.75) is 39.8 Å². The highest BCUT2D eigenvalue weighted by atomic mass is 16.3. The molecule has 4 nitrogen and oxygen atoms in total. The van der Waals surface area contributed by atoms with Crippen LogP contribution in [0.5, 0.6) is 11.5 Å². The minimum atomic E-state index is -0.00216. The van der Waals surface area contributed by atoms with E-state index in [2.05, 4.69) is 31.0 Å². The molecule has 0 spiro atoms. The van der Waals surface area contributed by atoms with E-state index in [0.29, 0.717) is 6.04 Å². The fourth-order valence-corrected chi connectivity index (χ4v) is 2.33. The van der Waals surface area contributed by atoms with Gasteiger partial charge in [-0.2, -0.15) is 0 Å². The molecule has 1 aromatic carbocycles. The molecule has 0 fully saturated rings. The van der Waals surface area contributed by atoms with Crippen LogP contribution in [0.15, 0.2) is 18.2 Å². The zero-order valence-electron chi connectivity index (χ0n) is 12.3. The third-order valence-electron chi connectivity index (χ3n) is 3.44. The Morgan fingerprint density at radius 2 is 1.79 bits per heavy atom. The number of phenols is 2. The lowest BCUT2D eigenvalue weighted by Crippen LogP contribution is -2.40. The van der Waals surface area contributed by atoms with Crippen LogP contribution in [-0.4, -0.2) is 40.8 Å². The van der Waals surface area contributed by atoms with Gasteiger partial charge in [0.15, 0.2) is 0 Å². The average Bonchev–Trinajstić information content (AvgIpc) is 2.38. The van der Waals surface area contributed by atoms with Gasteiger partial charge in [-0.05, 0) is 45.1 Å². The van der Waals surface area contributed by atoms with Crippen LogP contribution >= 0.6 is 0 Å². The van der Waals surface area contributed by atoms with Crippen molar-refractivity contribution < 1.29 is 10.2 Å². The number of hydrogen-bond donors (Lipinski definition) is 3. The van der Waals surface area contributed by atoms with Crippen LogP contribution in [0, 0.1) is 0 Å². The van der Waals surface area contributed by atoms with Gasteiger partial charge >= 0.3 is 0 Å². The molecule has 0 aliphatic heterocycles. The normalized spacial score (nSPS) is 14.6. The lowest BCUT2D eigenvalue weighted by atomic mass is 10.1. The SMILES string of the molecule is CCN(CC)CC(C)NC(C)c1cc(O)ccc1O. The molecule has 1 aromatic rings. The number of nitrogens with zero attached hydrogens (tertiary/aromatic N) is 1. The summed E-state index contributed by atoms with van der Waals surface area (Å²) in [6.07, 6.45) is 0. The number of phenolic OH excluding ortho intramolecular Hbond substituents is 2. The molecule has 1 rings (SSSR count). The van der Waals surface area contributed by atoms with Gasteiger partial charge in [-0.15, -0.1) is 0 Å². The van der Waals surface area contributed by atoms with E-state index >= 15 is 0 Å². The Balaban J connectivity index is 2.63. The Bertz CT molecular complexity index is 392. The van der Waals surface area contributed by atoms with Crippen molar-refractivity contribution >= 4 is 0 Å². The van der Waals surface area contributed by atoms with Crippen LogP contribution < -0.4 is 5.32 Å². The number of hydrogen-bond acceptors (Lipinski definition) is 4. The van der Waals surface area contributed by atoms with E-state index in [0.717, 1.165) is 25.2 Å². The number of rotatable bonds is 7. The van der Waals surface area contributed by atoms with Gasteiger partial charge in [0.25, 0.3) is 0 Å².